The van der Waals surface area contributed by atoms with E-state index in [4.69, 9.17) is 0 Å². The molecule has 2 rings (SSSR count). The highest BCUT2D eigenvalue weighted by Gasteiger charge is 2.28. The van der Waals surface area contributed by atoms with Gasteiger partial charge in [0.25, 0.3) is 5.91 Å². The summed E-state index contributed by atoms with van der Waals surface area (Å²) in [7, 11) is 0. The van der Waals surface area contributed by atoms with Crippen molar-refractivity contribution in [3.8, 4) is 0 Å². The van der Waals surface area contributed by atoms with Crippen LogP contribution < -0.4 is 0 Å². The Kier molecular flexibility index (Phi) is 4.66. The number of carbonyl (C=O) groups is 3. The molecule has 0 N–H and O–H groups in total. The normalized spacial score (nSPS) is 18.6. The predicted octanol–water partition coefficient (Wildman–Crippen LogP) is 2.43. The van der Waals surface area contributed by atoms with E-state index in [9.17, 15) is 14.4 Å². The fourth-order valence-electron chi connectivity index (χ4n) is 2.56. The van der Waals surface area contributed by atoms with Crippen LogP contribution in [0.5, 0.6) is 0 Å². The summed E-state index contributed by atoms with van der Waals surface area (Å²) in [6, 6.07) is 8.70. The summed E-state index contributed by atoms with van der Waals surface area (Å²) in [6.07, 6.45) is 3.24. The summed E-state index contributed by atoms with van der Waals surface area (Å²) < 4.78 is 0. The van der Waals surface area contributed by atoms with Gasteiger partial charge in [-0.25, -0.2) is 0 Å². The van der Waals surface area contributed by atoms with Crippen LogP contribution in [-0.4, -0.2) is 29.0 Å². The predicted molar refractivity (Wildman–Crippen MR) is 75.1 cm³/mol. The van der Waals surface area contributed by atoms with Gasteiger partial charge in [0.15, 0.2) is 0 Å². The van der Waals surface area contributed by atoms with Crippen LogP contribution in [-0.2, 0) is 9.59 Å². The zero-order valence-corrected chi connectivity index (χ0v) is 11.7. The third-order valence-electron chi connectivity index (χ3n) is 3.73. The standard InChI is InChI=1S/C16H19NO3/c1-12(18)17(11-14-9-5-6-10-15(14)19)16(20)13-7-3-2-4-8-13/h2-4,7-8,14H,5-6,9-11H2,1H3. The monoisotopic (exact) mass is 273 g/mol. The summed E-state index contributed by atoms with van der Waals surface area (Å²) in [5.41, 5.74) is 0.478. The number of rotatable bonds is 3. The minimum Gasteiger partial charge on any atom is -0.299 e. The SMILES string of the molecule is CC(=O)N(CC1CCCCC1=O)C(=O)c1ccccc1. The Hall–Kier alpha value is -1.97. The minimum absolute atomic E-state index is 0.170. The van der Waals surface area contributed by atoms with Gasteiger partial charge in [-0.05, 0) is 25.0 Å². The van der Waals surface area contributed by atoms with Crippen molar-refractivity contribution in [2.24, 2.45) is 5.92 Å². The summed E-state index contributed by atoms with van der Waals surface area (Å²) in [5.74, 6) is -0.655. The molecule has 0 spiro atoms. The Morgan fingerprint density at radius 1 is 1.20 bits per heavy atom. The highest BCUT2D eigenvalue weighted by Crippen LogP contribution is 2.22. The first kappa shape index (κ1) is 14.4. The van der Waals surface area contributed by atoms with Gasteiger partial charge >= 0.3 is 0 Å². The van der Waals surface area contributed by atoms with Gasteiger partial charge in [0.1, 0.15) is 5.78 Å². The molecule has 0 heterocycles. The minimum atomic E-state index is -0.323. The third kappa shape index (κ3) is 3.32. The molecule has 20 heavy (non-hydrogen) atoms. The van der Waals surface area contributed by atoms with Gasteiger partial charge in [-0.15, -0.1) is 0 Å². The summed E-state index contributed by atoms with van der Waals surface area (Å²) in [4.78, 5) is 37.2. The zero-order valence-electron chi connectivity index (χ0n) is 11.7. The van der Waals surface area contributed by atoms with Crippen LogP contribution in [0.2, 0.25) is 0 Å². The zero-order chi connectivity index (χ0) is 14.5. The largest absolute Gasteiger partial charge is 0.299 e. The van der Waals surface area contributed by atoms with Gasteiger partial charge in [-0.3, -0.25) is 19.3 Å². The van der Waals surface area contributed by atoms with Gasteiger partial charge < -0.3 is 0 Å². The molecule has 0 saturated heterocycles. The van der Waals surface area contributed by atoms with E-state index in [1.807, 2.05) is 6.07 Å². The Morgan fingerprint density at radius 3 is 2.50 bits per heavy atom. The summed E-state index contributed by atoms with van der Waals surface area (Å²) in [5, 5.41) is 0. The van der Waals surface area contributed by atoms with E-state index in [-0.39, 0.29) is 30.1 Å². The Bertz CT molecular complexity index is 510. The molecule has 1 aromatic rings. The number of Topliss-reactive ketones (excluding diaryl/α,β-unsaturated/α-hetero) is 1. The molecule has 1 unspecified atom stereocenters. The first-order chi connectivity index (χ1) is 9.59. The van der Waals surface area contributed by atoms with E-state index in [0.717, 1.165) is 19.3 Å². The summed E-state index contributed by atoms with van der Waals surface area (Å²) in [6.45, 7) is 1.58. The number of benzene rings is 1. The lowest BCUT2D eigenvalue weighted by Gasteiger charge is -2.27. The van der Waals surface area contributed by atoms with E-state index < -0.39 is 0 Å². The lowest BCUT2D eigenvalue weighted by molar-refractivity contribution is -0.129. The van der Waals surface area contributed by atoms with E-state index in [1.54, 1.807) is 24.3 Å². The molecule has 2 amide bonds. The summed E-state index contributed by atoms with van der Waals surface area (Å²) >= 11 is 0. The van der Waals surface area contributed by atoms with Crippen LogP contribution in [0.25, 0.3) is 0 Å². The van der Waals surface area contributed by atoms with Gasteiger partial charge in [-0.1, -0.05) is 24.6 Å². The third-order valence-corrected chi connectivity index (χ3v) is 3.73. The second-order valence-electron chi connectivity index (χ2n) is 5.21. The molecule has 0 bridgehead atoms. The maximum atomic E-state index is 12.4. The van der Waals surface area contributed by atoms with Crippen LogP contribution in [0.4, 0.5) is 0 Å². The fraction of sp³-hybridized carbons (Fsp3) is 0.438. The number of carbonyl (C=O) groups excluding carboxylic acids is 3. The lowest BCUT2D eigenvalue weighted by Crippen LogP contribution is -2.41. The highest BCUT2D eigenvalue weighted by molar-refractivity contribution is 6.04. The topological polar surface area (TPSA) is 54.5 Å². The van der Waals surface area contributed by atoms with E-state index >= 15 is 0 Å². The molecular formula is C16H19NO3. The van der Waals surface area contributed by atoms with Crippen LogP contribution in [0.3, 0.4) is 0 Å². The number of imide groups is 1. The molecule has 1 aromatic carbocycles. The average Bonchev–Trinajstić information content (AvgIpc) is 2.46. The maximum Gasteiger partial charge on any atom is 0.260 e. The van der Waals surface area contributed by atoms with Gasteiger partial charge in [0, 0.05) is 31.4 Å². The molecular weight excluding hydrogens is 254 g/mol. The van der Waals surface area contributed by atoms with Crippen molar-refractivity contribution in [3.63, 3.8) is 0 Å². The molecule has 1 saturated carbocycles. The molecule has 106 valence electrons. The van der Waals surface area contributed by atoms with Crippen molar-refractivity contribution >= 4 is 17.6 Å². The van der Waals surface area contributed by atoms with E-state index in [0.29, 0.717) is 12.0 Å². The van der Waals surface area contributed by atoms with Crippen LogP contribution in [0, 0.1) is 5.92 Å². The Balaban J connectivity index is 2.13. The van der Waals surface area contributed by atoms with Gasteiger partial charge in [0.05, 0.1) is 0 Å². The Labute approximate surface area is 118 Å². The van der Waals surface area contributed by atoms with Crippen molar-refractivity contribution in [1.82, 2.24) is 4.90 Å². The van der Waals surface area contributed by atoms with E-state index in [2.05, 4.69) is 0 Å². The van der Waals surface area contributed by atoms with Crippen molar-refractivity contribution in [2.75, 3.05) is 6.54 Å². The van der Waals surface area contributed by atoms with Crippen molar-refractivity contribution in [1.29, 1.82) is 0 Å². The number of hydrogen-bond acceptors (Lipinski definition) is 3. The van der Waals surface area contributed by atoms with Crippen molar-refractivity contribution in [2.45, 2.75) is 32.6 Å². The molecule has 0 radical (unpaired) electrons. The second kappa shape index (κ2) is 6.46. The maximum absolute atomic E-state index is 12.4. The molecule has 4 heteroatoms. The average molecular weight is 273 g/mol. The van der Waals surface area contributed by atoms with Crippen LogP contribution >= 0.6 is 0 Å². The molecule has 4 nitrogen and oxygen atoms in total. The number of hydrogen-bond donors (Lipinski definition) is 0. The second-order valence-corrected chi connectivity index (χ2v) is 5.21. The van der Waals surface area contributed by atoms with Crippen molar-refractivity contribution < 1.29 is 14.4 Å². The lowest BCUT2D eigenvalue weighted by atomic mass is 9.87. The molecule has 1 aliphatic rings. The first-order valence-electron chi connectivity index (χ1n) is 7.00. The van der Waals surface area contributed by atoms with E-state index in [1.165, 1.54) is 11.8 Å². The number of amides is 2. The first-order valence-corrected chi connectivity index (χ1v) is 7.00. The van der Waals surface area contributed by atoms with Gasteiger partial charge in [-0.2, -0.15) is 0 Å². The number of ketones is 1. The van der Waals surface area contributed by atoms with Gasteiger partial charge in [0.2, 0.25) is 5.91 Å². The van der Waals surface area contributed by atoms with Crippen LogP contribution in [0.1, 0.15) is 43.0 Å². The molecule has 0 aromatic heterocycles. The molecule has 1 atom stereocenters. The van der Waals surface area contributed by atoms with Crippen LogP contribution in [0.15, 0.2) is 30.3 Å². The smallest absolute Gasteiger partial charge is 0.260 e. The fourth-order valence-corrected chi connectivity index (χ4v) is 2.56. The molecule has 1 aliphatic carbocycles. The quantitative estimate of drug-likeness (QED) is 0.850. The highest BCUT2D eigenvalue weighted by atomic mass is 16.2. The Morgan fingerprint density at radius 2 is 1.90 bits per heavy atom. The van der Waals surface area contributed by atoms with Crippen molar-refractivity contribution in [3.05, 3.63) is 35.9 Å². The molecule has 1 fully saturated rings. The number of nitrogens with zero attached hydrogens (tertiary/aromatic N) is 1. The molecule has 0 aliphatic heterocycles.